The molecule has 2 aliphatic rings. The lowest BCUT2D eigenvalue weighted by Gasteiger charge is -2.31. The fourth-order valence-corrected chi connectivity index (χ4v) is 4.11. The van der Waals surface area contributed by atoms with Crippen LogP contribution < -0.4 is 15.8 Å². The van der Waals surface area contributed by atoms with E-state index in [1.54, 1.807) is 6.07 Å². The fraction of sp³-hybridized carbons (Fsp3) is 0.0500. The third-order valence-electron chi connectivity index (χ3n) is 5.37. The van der Waals surface area contributed by atoms with Crippen molar-refractivity contribution in [3.63, 3.8) is 0 Å². The Bertz CT molecular complexity index is 1390. The number of non-ortho nitro benzene ring substituents is 1. The van der Waals surface area contributed by atoms with Gasteiger partial charge in [0.2, 0.25) is 17.7 Å². The van der Waals surface area contributed by atoms with Gasteiger partial charge in [0.25, 0.3) is 5.69 Å². The standard InChI is InChI=1S/C20H11FN6O4/c21-10-4-5-14-12(7-10)20(19(28)24-14)13(8-22)17(23)31-18-15(20)16(25-26-18)9-2-1-3-11(6-9)27(29)30/h1-7H,23H2,(H,24,28)(H,25,26). The lowest BCUT2D eigenvalue weighted by atomic mass is 9.68. The third kappa shape index (κ3) is 2.29. The highest BCUT2D eigenvalue weighted by Gasteiger charge is 2.59. The molecule has 5 rings (SSSR count). The van der Waals surface area contributed by atoms with Crippen LogP contribution in [0, 0.1) is 27.3 Å². The number of nitro groups is 1. The highest BCUT2D eigenvalue weighted by Crippen LogP contribution is 2.55. The van der Waals surface area contributed by atoms with Gasteiger partial charge in [0.05, 0.1) is 16.2 Å². The first-order chi connectivity index (χ1) is 14.9. The molecule has 10 nitrogen and oxygen atoms in total. The van der Waals surface area contributed by atoms with Gasteiger partial charge in [-0.25, -0.2) is 4.39 Å². The number of hydrogen-bond donors (Lipinski definition) is 3. The Morgan fingerprint density at radius 1 is 1.29 bits per heavy atom. The molecule has 0 radical (unpaired) electrons. The second-order valence-corrected chi connectivity index (χ2v) is 6.93. The molecule has 0 aliphatic carbocycles. The number of carbonyl (C=O) groups excluding carboxylic acids is 1. The molecule has 2 aromatic carbocycles. The quantitative estimate of drug-likeness (QED) is 0.425. The number of carbonyl (C=O) groups is 1. The number of nitrogens with two attached hydrogens (primary N) is 1. The number of hydrogen-bond acceptors (Lipinski definition) is 7. The van der Waals surface area contributed by atoms with E-state index in [2.05, 4.69) is 15.5 Å². The summed E-state index contributed by atoms with van der Waals surface area (Å²) in [5, 5.41) is 30.6. The summed E-state index contributed by atoms with van der Waals surface area (Å²) in [6.45, 7) is 0. The molecule has 11 heteroatoms. The minimum atomic E-state index is -1.85. The summed E-state index contributed by atoms with van der Waals surface area (Å²) in [5.41, 5.74) is 4.76. The van der Waals surface area contributed by atoms with E-state index in [0.717, 1.165) is 6.07 Å². The van der Waals surface area contributed by atoms with Gasteiger partial charge < -0.3 is 15.8 Å². The van der Waals surface area contributed by atoms with Gasteiger partial charge in [0.1, 0.15) is 22.9 Å². The average Bonchev–Trinajstić information content (AvgIpc) is 3.28. The van der Waals surface area contributed by atoms with Crippen LogP contribution in [0.2, 0.25) is 0 Å². The van der Waals surface area contributed by atoms with E-state index in [9.17, 15) is 24.6 Å². The first-order valence-electron chi connectivity index (χ1n) is 8.91. The molecule has 1 amide bonds. The van der Waals surface area contributed by atoms with Crippen LogP contribution in [-0.2, 0) is 10.2 Å². The summed E-state index contributed by atoms with van der Waals surface area (Å²) >= 11 is 0. The van der Waals surface area contributed by atoms with Crippen molar-refractivity contribution >= 4 is 17.3 Å². The van der Waals surface area contributed by atoms with Crippen molar-refractivity contribution in [1.82, 2.24) is 10.2 Å². The summed E-state index contributed by atoms with van der Waals surface area (Å²) in [6, 6.07) is 11.2. The predicted molar refractivity (Wildman–Crippen MR) is 104 cm³/mol. The summed E-state index contributed by atoms with van der Waals surface area (Å²) in [5.74, 6) is -1.71. The molecule has 4 N–H and O–H groups in total. The highest BCUT2D eigenvalue weighted by atomic mass is 19.1. The minimum absolute atomic E-state index is 0.0923. The summed E-state index contributed by atoms with van der Waals surface area (Å²) in [4.78, 5) is 24.0. The summed E-state index contributed by atoms with van der Waals surface area (Å²) < 4.78 is 19.7. The molecule has 1 spiro atoms. The fourth-order valence-electron chi connectivity index (χ4n) is 4.11. The largest absolute Gasteiger partial charge is 0.420 e. The zero-order chi connectivity index (χ0) is 21.9. The minimum Gasteiger partial charge on any atom is -0.420 e. The van der Waals surface area contributed by atoms with Gasteiger partial charge in [-0.05, 0) is 18.2 Å². The Balaban J connectivity index is 1.88. The molecule has 2 aliphatic heterocycles. The van der Waals surface area contributed by atoms with Crippen molar-refractivity contribution in [1.29, 1.82) is 5.26 Å². The Morgan fingerprint density at radius 2 is 2.10 bits per heavy atom. The smallest absolute Gasteiger partial charge is 0.270 e. The lowest BCUT2D eigenvalue weighted by molar-refractivity contribution is -0.384. The number of nitro benzene ring substituents is 1. The predicted octanol–water partition coefficient (Wildman–Crippen LogP) is 2.45. The van der Waals surface area contributed by atoms with E-state index in [1.165, 1.54) is 30.3 Å². The van der Waals surface area contributed by atoms with Crippen LogP contribution in [0.5, 0.6) is 5.88 Å². The first kappa shape index (κ1) is 18.3. The Kier molecular flexibility index (Phi) is 3.63. The van der Waals surface area contributed by atoms with Gasteiger partial charge in [-0.2, -0.15) is 5.26 Å². The molecular formula is C20H11FN6O4. The number of nitrogens with zero attached hydrogens (tertiary/aromatic N) is 3. The number of fused-ring (bicyclic) bond motifs is 4. The maximum absolute atomic E-state index is 14.2. The van der Waals surface area contributed by atoms with Crippen LogP contribution >= 0.6 is 0 Å². The summed E-state index contributed by atoms with van der Waals surface area (Å²) in [7, 11) is 0. The monoisotopic (exact) mass is 418 g/mol. The molecule has 31 heavy (non-hydrogen) atoms. The van der Waals surface area contributed by atoms with Crippen molar-refractivity contribution in [2.75, 3.05) is 5.32 Å². The Labute approximate surface area is 172 Å². The lowest BCUT2D eigenvalue weighted by Crippen LogP contribution is -2.42. The van der Waals surface area contributed by atoms with Crippen molar-refractivity contribution in [3.8, 4) is 23.2 Å². The second kappa shape index (κ2) is 6.14. The third-order valence-corrected chi connectivity index (χ3v) is 5.37. The molecule has 0 fully saturated rings. The molecule has 152 valence electrons. The van der Waals surface area contributed by atoms with Gasteiger partial charge >= 0.3 is 0 Å². The molecule has 1 aromatic heterocycles. The number of ether oxygens (including phenoxy) is 1. The number of aromatic amines is 1. The molecule has 1 unspecified atom stereocenters. The van der Waals surface area contributed by atoms with Crippen molar-refractivity contribution in [2.45, 2.75) is 5.41 Å². The van der Waals surface area contributed by atoms with Crippen LogP contribution in [0.1, 0.15) is 11.1 Å². The van der Waals surface area contributed by atoms with E-state index in [-0.39, 0.29) is 39.8 Å². The van der Waals surface area contributed by atoms with Crippen LogP contribution in [-0.4, -0.2) is 21.0 Å². The molecule has 0 saturated carbocycles. The molecule has 0 saturated heterocycles. The van der Waals surface area contributed by atoms with Crippen molar-refractivity contribution in [2.24, 2.45) is 5.73 Å². The van der Waals surface area contributed by atoms with Gasteiger partial charge in [0.15, 0.2) is 0 Å². The van der Waals surface area contributed by atoms with Gasteiger partial charge in [-0.15, -0.1) is 5.10 Å². The number of halogens is 1. The number of aromatic nitrogens is 2. The van der Waals surface area contributed by atoms with E-state index in [4.69, 9.17) is 10.5 Å². The van der Waals surface area contributed by atoms with E-state index in [1.807, 2.05) is 6.07 Å². The molecule has 0 bridgehead atoms. The maximum Gasteiger partial charge on any atom is 0.270 e. The molecular weight excluding hydrogens is 407 g/mol. The number of H-pyrrole nitrogens is 1. The SMILES string of the molecule is N#CC1=C(N)Oc2n[nH]c(-c3cccc([N+](=O)[O-])c3)c2C12C(=O)Nc1ccc(F)cc12. The normalized spacial score (nSPS) is 18.8. The number of benzene rings is 2. The second-order valence-electron chi connectivity index (χ2n) is 6.93. The molecule has 3 heterocycles. The van der Waals surface area contributed by atoms with Crippen LogP contribution in [0.15, 0.2) is 53.9 Å². The Hall–Kier alpha value is -4.72. The summed E-state index contributed by atoms with van der Waals surface area (Å²) in [6.07, 6.45) is 0. The van der Waals surface area contributed by atoms with E-state index >= 15 is 0 Å². The number of anilines is 1. The van der Waals surface area contributed by atoms with E-state index < -0.39 is 22.1 Å². The Morgan fingerprint density at radius 3 is 2.84 bits per heavy atom. The zero-order valence-corrected chi connectivity index (χ0v) is 15.5. The number of nitrogens with one attached hydrogen (secondary N) is 2. The number of amides is 1. The van der Waals surface area contributed by atoms with Crippen LogP contribution in [0.25, 0.3) is 11.3 Å². The van der Waals surface area contributed by atoms with Gasteiger partial charge in [0, 0.05) is 28.9 Å². The molecule has 3 aromatic rings. The van der Waals surface area contributed by atoms with Crippen LogP contribution in [0.3, 0.4) is 0 Å². The average molecular weight is 418 g/mol. The number of nitriles is 1. The van der Waals surface area contributed by atoms with Gasteiger partial charge in [-0.3, -0.25) is 20.0 Å². The van der Waals surface area contributed by atoms with E-state index in [0.29, 0.717) is 11.3 Å². The topological polar surface area (TPSA) is 160 Å². The molecule has 1 atom stereocenters. The maximum atomic E-state index is 14.2. The first-order valence-corrected chi connectivity index (χ1v) is 8.91. The van der Waals surface area contributed by atoms with Crippen LogP contribution in [0.4, 0.5) is 15.8 Å². The van der Waals surface area contributed by atoms with Crippen molar-refractivity contribution in [3.05, 3.63) is 81.0 Å². The highest BCUT2D eigenvalue weighted by molar-refractivity contribution is 6.13. The van der Waals surface area contributed by atoms with Crippen molar-refractivity contribution < 1.29 is 18.8 Å². The van der Waals surface area contributed by atoms with Gasteiger partial charge in [-0.1, -0.05) is 12.1 Å². The number of rotatable bonds is 2. The zero-order valence-electron chi connectivity index (χ0n) is 15.5.